The van der Waals surface area contributed by atoms with Gasteiger partial charge in [-0.2, -0.15) is 0 Å². The van der Waals surface area contributed by atoms with Crippen LogP contribution >= 0.6 is 0 Å². The van der Waals surface area contributed by atoms with Gasteiger partial charge in [0.15, 0.2) is 0 Å². The average molecular weight is 191 g/mol. The molecule has 0 amide bonds. The lowest BCUT2D eigenvalue weighted by atomic mass is 9.88. The van der Waals surface area contributed by atoms with Gasteiger partial charge in [-0.1, -0.05) is 5.92 Å². The number of piperidine rings is 1. The van der Waals surface area contributed by atoms with E-state index in [1.165, 1.54) is 12.8 Å². The molecule has 2 heterocycles. The molecule has 2 unspecified atom stereocenters. The number of fused-ring (bicyclic) bond motifs is 2. The molecule has 2 aliphatic rings. The van der Waals surface area contributed by atoms with Gasteiger partial charge in [0.2, 0.25) is 0 Å². The van der Waals surface area contributed by atoms with Crippen LogP contribution in [0.5, 0.6) is 0 Å². The van der Waals surface area contributed by atoms with Crippen LogP contribution in [-0.4, -0.2) is 17.9 Å². The molecule has 2 atom stereocenters. The highest BCUT2D eigenvalue weighted by Crippen LogP contribution is 2.31. The number of hydrogen-bond donors (Lipinski definition) is 1. The van der Waals surface area contributed by atoms with Crippen LogP contribution in [0, 0.1) is 17.8 Å². The lowest BCUT2D eigenvalue weighted by Crippen LogP contribution is -2.40. The Morgan fingerprint density at radius 3 is 2.57 bits per heavy atom. The molecule has 0 aliphatic carbocycles. The van der Waals surface area contributed by atoms with E-state index in [4.69, 9.17) is 0 Å². The second-order valence-electron chi connectivity index (χ2n) is 4.38. The highest BCUT2D eigenvalue weighted by atomic mass is 16.1. The fourth-order valence-electron chi connectivity index (χ4n) is 2.64. The summed E-state index contributed by atoms with van der Waals surface area (Å²) in [7, 11) is 0. The molecule has 0 radical (unpaired) electrons. The van der Waals surface area contributed by atoms with Gasteiger partial charge < -0.3 is 5.32 Å². The summed E-state index contributed by atoms with van der Waals surface area (Å²) in [5.74, 6) is 6.31. The molecule has 0 saturated carbocycles. The van der Waals surface area contributed by atoms with Gasteiger partial charge in [-0.15, -0.1) is 5.92 Å². The van der Waals surface area contributed by atoms with Crippen molar-refractivity contribution in [3.8, 4) is 11.8 Å². The van der Waals surface area contributed by atoms with Gasteiger partial charge in [0.25, 0.3) is 0 Å². The van der Waals surface area contributed by atoms with Crippen LogP contribution in [0.4, 0.5) is 0 Å². The summed E-state index contributed by atoms with van der Waals surface area (Å²) in [6, 6.07) is 1.22. The monoisotopic (exact) mass is 191 g/mol. The van der Waals surface area contributed by atoms with E-state index >= 15 is 0 Å². The Kier molecular flexibility index (Phi) is 2.88. The van der Waals surface area contributed by atoms with Crippen molar-refractivity contribution in [2.45, 2.75) is 51.1 Å². The molecule has 0 aromatic rings. The molecule has 2 fully saturated rings. The summed E-state index contributed by atoms with van der Waals surface area (Å²) in [6.45, 7) is 1.79. The molecule has 14 heavy (non-hydrogen) atoms. The molecular formula is C12H17NO. The predicted molar refractivity (Wildman–Crippen MR) is 55.7 cm³/mol. The zero-order valence-corrected chi connectivity index (χ0v) is 8.68. The first-order valence-corrected chi connectivity index (χ1v) is 5.48. The highest BCUT2D eigenvalue weighted by Gasteiger charge is 2.35. The lowest BCUT2D eigenvalue weighted by molar-refractivity contribution is -0.123. The molecule has 0 spiro atoms. The number of hydrogen-bond acceptors (Lipinski definition) is 2. The van der Waals surface area contributed by atoms with E-state index in [1.807, 2.05) is 0 Å². The Morgan fingerprint density at radius 1 is 1.36 bits per heavy atom. The van der Waals surface area contributed by atoms with Crippen LogP contribution in [-0.2, 0) is 4.79 Å². The molecule has 2 saturated heterocycles. The fraction of sp³-hybridized carbons (Fsp3) is 0.750. The van der Waals surface area contributed by atoms with Gasteiger partial charge in [-0.05, 0) is 32.6 Å². The van der Waals surface area contributed by atoms with Gasteiger partial charge in [0.1, 0.15) is 5.78 Å². The third kappa shape index (κ3) is 1.99. The van der Waals surface area contributed by atoms with E-state index in [-0.39, 0.29) is 5.92 Å². The zero-order chi connectivity index (χ0) is 9.97. The van der Waals surface area contributed by atoms with Crippen molar-refractivity contribution >= 4 is 5.78 Å². The number of nitrogens with one attached hydrogen (secondary N) is 1. The summed E-state index contributed by atoms with van der Waals surface area (Å²) in [6.07, 6.45) is 5.06. The first kappa shape index (κ1) is 9.73. The van der Waals surface area contributed by atoms with E-state index in [1.54, 1.807) is 6.92 Å². The zero-order valence-electron chi connectivity index (χ0n) is 8.68. The molecule has 2 rings (SSSR count). The smallest absolute Gasteiger partial charge is 0.147 e. The minimum Gasteiger partial charge on any atom is -0.311 e. The Labute approximate surface area is 85.5 Å². The molecule has 2 heteroatoms. The maximum atomic E-state index is 11.7. The highest BCUT2D eigenvalue weighted by molar-refractivity contribution is 5.83. The van der Waals surface area contributed by atoms with E-state index in [0.717, 1.165) is 12.8 Å². The molecule has 2 nitrogen and oxygen atoms in total. The van der Waals surface area contributed by atoms with E-state index < -0.39 is 0 Å². The third-order valence-electron chi connectivity index (χ3n) is 3.37. The summed E-state index contributed by atoms with van der Waals surface area (Å²) < 4.78 is 0. The van der Waals surface area contributed by atoms with Crippen LogP contribution in [0.1, 0.15) is 39.0 Å². The summed E-state index contributed by atoms with van der Waals surface area (Å²) in [5, 5.41) is 3.54. The Bertz CT molecular complexity index is 274. The quantitative estimate of drug-likeness (QED) is 0.670. The second-order valence-corrected chi connectivity index (χ2v) is 4.38. The van der Waals surface area contributed by atoms with Crippen molar-refractivity contribution in [2.75, 3.05) is 0 Å². The molecule has 76 valence electrons. The minimum atomic E-state index is 0.287. The topological polar surface area (TPSA) is 29.1 Å². The van der Waals surface area contributed by atoms with Gasteiger partial charge in [-0.25, -0.2) is 0 Å². The summed E-state index contributed by atoms with van der Waals surface area (Å²) >= 11 is 0. The summed E-state index contributed by atoms with van der Waals surface area (Å²) in [5.41, 5.74) is 0. The number of carbonyl (C=O) groups is 1. The van der Waals surface area contributed by atoms with Crippen LogP contribution in [0.15, 0.2) is 0 Å². The molecule has 0 aromatic carbocycles. The third-order valence-corrected chi connectivity index (χ3v) is 3.37. The number of carbonyl (C=O) groups excluding carboxylic acids is 1. The molecule has 2 aliphatic heterocycles. The average Bonchev–Trinajstić information content (AvgIpc) is 2.54. The molecule has 2 bridgehead atoms. The van der Waals surface area contributed by atoms with Crippen LogP contribution in [0.3, 0.4) is 0 Å². The normalized spacial score (nSPS) is 34.8. The second kappa shape index (κ2) is 4.14. The number of rotatable bonds is 2. The van der Waals surface area contributed by atoms with Crippen molar-refractivity contribution in [1.82, 2.24) is 5.32 Å². The van der Waals surface area contributed by atoms with Gasteiger partial charge >= 0.3 is 0 Å². The minimum absolute atomic E-state index is 0.287. The maximum absolute atomic E-state index is 11.7. The number of ketones is 1. The van der Waals surface area contributed by atoms with Crippen LogP contribution in [0.25, 0.3) is 0 Å². The molecular weight excluding hydrogens is 174 g/mol. The van der Waals surface area contributed by atoms with Crippen molar-refractivity contribution in [2.24, 2.45) is 5.92 Å². The SMILES string of the molecule is CC#CCC(=O)C1CC2CCC(C1)N2. The predicted octanol–water partition coefficient (Wildman–Crippen LogP) is 1.50. The van der Waals surface area contributed by atoms with E-state index in [9.17, 15) is 4.79 Å². The number of Topliss-reactive ketones (excluding diaryl/α,β-unsaturated/α-hetero) is 1. The first-order valence-electron chi connectivity index (χ1n) is 5.48. The maximum Gasteiger partial charge on any atom is 0.147 e. The van der Waals surface area contributed by atoms with Gasteiger partial charge in [0.05, 0.1) is 6.42 Å². The van der Waals surface area contributed by atoms with E-state index in [0.29, 0.717) is 24.3 Å². The van der Waals surface area contributed by atoms with Crippen molar-refractivity contribution in [3.63, 3.8) is 0 Å². The standard InChI is InChI=1S/C12H17NO/c1-2-3-4-12(14)9-7-10-5-6-11(8-9)13-10/h9-11,13H,4-8H2,1H3. The lowest BCUT2D eigenvalue weighted by Gasteiger charge is -2.27. The van der Waals surface area contributed by atoms with Crippen LogP contribution < -0.4 is 5.32 Å². The molecule has 1 N–H and O–H groups in total. The summed E-state index contributed by atoms with van der Waals surface area (Å²) in [4.78, 5) is 11.7. The van der Waals surface area contributed by atoms with Crippen molar-refractivity contribution < 1.29 is 4.79 Å². The van der Waals surface area contributed by atoms with E-state index in [2.05, 4.69) is 17.2 Å². The van der Waals surface area contributed by atoms with Crippen LogP contribution in [0.2, 0.25) is 0 Å². The Morgan fingerprint density at radius 2 is 2.00 bits per heavy atom. The fourth-order valence-corrected chi connectivity index (χ4v) is 2.64. The Hall–Kier alpha value is -0.810. The van der Waals surface area contributed by atoms with Crippen molar-refractivity contribution in [3.05, 3.63) is 0 Å². The Balaban J connectivity index is 1.91. The first-order chi connectivity index (χ1) is 6.79. The van der Waals surface area contributed by atoms with Gasteiger partial charge in [-0.3, -0.25) is 4.79 Å². The molecule has 0 aromatic heterocycles. The largest absolute Gasteiger partial charge is 0.311 e. The van der Waals surface area contributed by atoms with Crippen molar-refractivity contribution in [1.29, 1.82) is 0 Å². The van der Waals surface area contributed by atoms with Gasteiger partial charge in [0, 0.05) is 18.0 Å².